The van der Waals surface area contributed by atoms with Crippen molar-refractivity contribution in [1.29, 1.82) is 0 Å². The zero-order chi connectivity index (χ0) is 18.4. The standard InChI is InChI=1S/C19H16N4O2S2/c24-16(12-4-5-12)21-13-3-1-2-11(8-13)10-20-17(25)15-9-14-18(27-15)22-19-23(14)6-7-26-19/h1-3,6-9,12H,4-5,10H2,(H,20,25)(H,21,24). The molecule has 136 valence electrons. The second-order valence-corrected chi connectivity index (χ2v) is 8.52. The lowest BCUT2D eigenvalue weighted by molar-refractivity contribution is -0.117. The highest BCUT2D eigenvalue weighted by Crippen LogP contribution is 2.30. The molecule has 1 aromatic carbocycles. The van der Waals surface area contributed by atoms with Gasteiger partial charge in [0.25, 0.3) is 5.91 Å². The average Bonchev–Trinajstić information content (AvgIpc) is 3.16. The van der Waals surface area contributed by atoms with Crippen LogP contribution < -0.4 is 10.6 Å². The molecule has 27 heavy (non-hydrogen) atoms. The molecule has 0 spiro atoms. The monoisotopic (exact) mass is 396 g/mol. The van der Waals surface area contributed by atoms with E-state index in [1.807, 2.05) is 46.3 Å². The number of thiazole rings is 1. The van der Waals surface area contributed by atoms with Crippen molar-refractivity contribution in [2.24, 2.45) is 5.92 Å². The summed E-state index contributed by atoms with van der Waals surface area (Å²) in [6.45, 7) is 0.405. The Morgan fingerprint density at radius 2 is 2.15 bits per heavy atom. The molecule has 0 unspecified atom stereocenters. The lowest BCUT2D eigenvalue weighted by atomic mass is 10.2. The van der Waals surface area contributed by atoms with Gasteiger partial charge in [-0.25, -0.2) is 4.98 Å². The summed E-state index contributed by atoms with van der Waals surface area (Å²) in [7, 11) is 0. The number of carbonyl (C=O) groups is 2. The predicted octanol–water partition coefficient (Wildman–Crippen LogP) is 3.89. The maximum Gasteiger partial charge on any atom is 0.261 e. The predicted molar refractivity (Wildman–Crippen MR) is 107 cm³/mol. The molecule has 1 saturated carbocycles. The molecule has 2 amide bonds. The summed E-state index contributed by atoms with van der Waals surface area (Å²) in [6, 6.07) is 9.47. The Kier molecular flexibility index (Phi) is 3.95. The van der Waals surface area contributed by atoms with Crippen molar-refractivity contribution in [3.05, 3.63) is 52.3 Å². The molecule has 1 aliphatic carbocycles. The van der Waals surface area contributed by atoms with Crippen molar-refractivity contribution in [1.82, 2.24) is 14.7 Å². The molecule has 0 atom stereocenters. The van der Waals surface area contributed by atoms with Gasteiger partial charge in [0.05, 0.1) is 10.4 Å². The largest absolute Gasteiger partial charge is 0.347 e. The molecular formula is C19H16N4O2S2. The van der Waals surface area contributed by atoms with Crippen molar-refractivity contribution in [2.75, 3.05) is 5.32 Å². The van der Waals surface area contributed by atoms with Crippen LogP contribution in [0.25, 0.3) is 15.3 Å². The van der Waals surface area contributed by atoms with Crippen LogP contribution >= 0.6 is 22.7 Å². The molecule has 6 nitrogen and oxygen atoms in total. The molecule has 4 aromatic rings. The number of benzene rings is 1. The van der Waals surface area contributed by atoms with Gasteiger partial charge in [-0.2, -0.15) is 0 Å². The topological polar surface area (TPSA) is 75.5 Å². The number of rotatable bonds is 5. The fraction of sp³-hybridized carbons (Fsp3) is 0.211. The van der Waals surface area contributed by atoms with E-state index in [1.165, 1.54) is 11.3 Å². The van der Waals surface area contributed by atoms with Crippen molar-refractivity contribution >= 4 is 55.5 Å². The Morgan fingerprint density at radius 3 is 3.00 bits per heavy atom. The number of hydrogen-bond donors (Lipinski definition) is 2. The molecule has 0 saturated heterocycles. The number of carbonyl (C=O) groups excluding carboxylic acids is 2. The molecule has 3 aromatic heterocycles. The normalized spacial score (nSPS) is 13.9. The summed E-state index contributed by atoms with van der Waals surface area (Å²) < 4.78 is 2.00. The fourth-order valence-corrected chi connectivity index (χ4v) is 4.69. The van der Waals surface area contributed by atoms with Crippen LogP contribution in [0.5, 0.6) is 0 Å². The third kappa shape index (κ3) is 3.22. The summed E-state index contributed by atoms with van der Waals surface area (Å²) >= 11 is 2.98. The molecule has 0 bridgehead atoms. The van der Waals surface area contributed by atoms with Gasteiger partial charge in [-0.1, -0.05) is 12.1 Å². The minimum atomic E-state index is -0.116. The van der Waals surface area contributed by atoms with Crippen molar-refractivity contribution in [3.63, 3.8) is 0 Å². The number of nitrogens with zero attached hydrogens (tertiary/aromatic N) is 2. The zero-order valence-corrected chi connectivity index (χ0v) is 15.9. The smallest absolute Gasteiger partial charge is 0.261 e. The highest BCUT2D eigenvalue weighted by atomic mass is 32.1. The van der Waals surface area contributed by atoms with Crippen LogP contribution in [0, 0.1) is 5.92 Å². The van der Waals surface area contributed by atoms with Gasteiger partial charge in [-0.3, -0.25) is 14.0 Å². The van der Waals surface area contributed by atoms with Crippen molar-refractivity contribution in [3.8, 4) is 0 Å². The van der Waals surface area contributed by atoms with Crippen LogP contribution in [0.15, 0.2) is 41.9 Å². The summed E-state index contributed by atoms with van der Waals surface area (Å²) in [5.74, 6) is 0.133. The molecule has 2 N–H and O–H groups in total. The van der Waals surface area contributed by atoms with E-state index >= 15 is 0 Å². The van der Waals surface area contributed by atoms with Gasteiger partial charge in [0.15, 0.2) is 4.96 Å². The first-order valence-corrected chi connectivity index (χ1v) is 10.4. The van der Waals surface area contributed by atoms with E-state index in [0.29, 0.717) is 11.4 Å². The molecule has 0 aliphatic heterocycles. The minimum Gasteiger partial charge on any atom is -0.347 e. The van der Waals surface area contributed by atoms with Crippen LogP contribution in [0.3, 0.4) is 0 Å². The molecule has 0 radical (unpaired) electrons. The van der Waals surface area contributed by atoms with Gasteiger partial charge in [0.2, 0.25) is 5.91 Å². The van der Waals surface area contributed by atoms with E-state index in [1.54, 1.807) is 11.3 Å². The minimum absolute atomic E-state index is 0.0818. The number of imidazole rings is 1. The van der Waals surface area contributed by atoms with E-state index in [0.717, 1.165) is 39.4 Å². The number of amides is 2. The van der Waals surface area contributed by atoms with Crippen LogP contribution in [-0.4, -0.2) is 21.2 Å². The number of thiophene rings is 1. The Bertz CT molecular complexity index is 1170. The number of aromatic nitrogens is 2. The first-order valence-electron chi connectivity index (χ1n) is 8.70. The quantitative estimate of drug-likeness (QED) is 0.537. The molecule has 1 fully saturated rings. The first-order chi connectivity index (χ1) is 13.2. The Balaban J connectivity index is 1.27. The molecular weight excluding hydrogens is 380 g/mol. The van der Waals surface area contributed by atoms with Gasteiger partial charge >= 0.3 is 0 Å². The molecule has 1 aliphatic rings. The lowest BCUT2D eigenvalue weighted by Crippen LogP contribution is -2.22. The maximum atomic E-state index is 12.5. The lowest BCUT2D eigenvalue weighted by Gasteiger charge is -2.08. The second kappa shape index (κ2) is 6.47. The van der Waals surface area contributed by atoms with Crippen LogP contribution in [0.4, 0.5) is 5.69 Å². The summed E-state index contributed by atoms with van der Waals surface area (Å²) in [6.07, 6.45) is 3.92. The summed E-state index contributed by atoms with van der Waals surface area (Å²) in [5, 5.41) is 7.86. The number of fused-ring (bicyclic) bond motifs is 3. The van der Waals surface area contributed by atoms with Gasteiger partial charge in [-0.05, 0) is 36.6 Å². The van der Waals surface area contributed by atoms with Crippen LogP contribution in [0.2, 0.25) is 0 Å². The van der Waals surface area contributed by atoms with Crippen molar-refractivity contribution < 1.29 is 9.59 Å². The summed E-state index contributed by atoms with van der Waals surface area (Å²) in [5.41, 5.74) is 2.68. The molecule has 8 heteroatoms. The summed E-state index contributed by atoms with van der Waals surface area (Å²) in [4.78, 5) is 31.4. The number of hydrogen-bond acceptors (Lipinski definition) is 5. The highest BCUT2D eigenvalue weighted by molar-refractivity contribution is 7.21. The van der Waals surface area contributed by atoms with Gasteiger partial charge in [0, 0.05) is 29.7 Å². The Hall–Kier alpha value is -2.71. The zero-order valence-electron chi connectivity index (χ0n) is 14.3. The second-order valence-electron chi connectivity index (χ2n) is 6.62. The SMILES string of the molecule is O=C(NCc1cccc(NC(=O)C2CC2)c1)c1cc2c(nc3sccn32)s1. The third-order valence-corrected chi connectivity index (χ3v) is 6.33. The average molecular weight is 396 g/mol. The fourth-order valence-electron chi connectivity index (χ4n) is 2.98. The number of anilines is 1. The Labute approximate surface area is 162 Å². The van der Waals surface area contributed by atoms with Gasteiger partial charge in [0.1, 0.15) is 4.83 Å². The highest BCUT2D eigenvalue weighted by Gasteiger charge is 2.29. The Morgan fingerprint density at radius 1 is 1.26 bits per heavy atom. The van der Waals surface area contributed by atoms with E-state index in [9.17, 15) is 9.59 Å². The van der Waals surface area contributed by atoms with E-state index in [2.05, 4.69) is 15.6 Å². The van der Waals surface area contributed by atoms with E-state index in [-0.39, 0.29) is 17.7 Å². The first kappa shape index (κ1) is 16.5. The maximum absolute atomic E-state index is 12.5. The third-order valence-electron chi connectivity index (χ3n) is 4.56. The van der Waals surface area contributed by atoms with Gasteiger partial charge < -0.3 is 10.6 Å². The van der Waals surface area contributed by atoms with E-state index in [4.69, 9.17) is 0 Å². The molecule has 3 heterocycles. The van der Waals surface area contributed by atoms with E-state index < -0.39 is 0 Å². The van der Waals surface area contributed by atoms with Crippen LogP contribution in [0.1, 0.15) is 28.1 Å². The van der Waals surface area contributed by atoms with Crippen molar-refractivity contribution in [2.45, 2.75) is 19.4 Å². The van der Waals surface area contributed by atoms with Gasteiger partial charge in [-0.15, -0.1) is 22.7 Å². The molecule has 5 rings (SSSR count). The number of nitrogens with one attached hydrogen (secondary N) is 2. The van der Waals surface area contributed by atoms with Crippen LogP contribution in [-0.2, 0) is 11.3 Å².